The number of esters is 1. The number of fused-ring (bicyclic) bond motifs is 1. The summed E-state index contributed by atoms with van der Waals surface area (Å²) in [5.41, 5.74) is -1.04. The van der Waals surface area contributed by atoms with Crippen molar-refractivity contribution in [2.24, 2.45) is 0 Å². The van der Waals surface area contributed by atoms with E-state index in [0.29, 0.717) is 5.56 Å². The molecule has 24 nitrogen and oxygen atoms in total. The molecule has 24 heteroatoms. The molecule has 4 heterocycles. The molecule has 3 saturated heterocycles. The third-order valence-corrected chi connectivity index (χ3v) is 11.4. The fourth-order valence-electron chi connectivity index (χ4n) is 7.60. The van der Waals surface area contributed by atoms with Crippen LogP contribution in [0.15, 0.2) is 63.8 Å². The normalized spacial score (nSPS) is 31.9. The van der Waals surface area contributed by atoms with Gasteiger partial charge in [0.25, 0.3) is 0 Å². The lowest BCUT2D eigenvalue weighted by Gasteiger charge is -2.45. The number of carbonyl (C=O) groups excluding carboxylic acids is 1. The maximum Gasteiger partial charge on any atom is 0.330 e. The number of hydrogen-bond donors (Lipinski definition) is 12. The Morgan fingerprint density at radius 1 is 0.706 bits per heavy atom. The summed E-state index contributed by atoms with van der Waals surface area (Å²) in [4.78, 5) is 27.2. The van der Waals surface area contributed by atoms with Gasteiger partial charge in [0.2, 0.25) is 29.5 Å². The number of aliphatic hydroxyl groups is 9. The highest BCUT2D eigenvalue weighted by Crippen LogP contribution is 2.40. The van der Waals surface area contributed by atoms with Crippen LogP contribution in [0, 0.1) is 0 Å². The Bertz CT molecular complexity index is 2470. The van der Waals surface area contributed by atoms with Crippen molar-refractivity contribution >= 4 is 23.0 Å². The van der Waals surface area contributed by atoms with Crippen LogP contribution in [0.4, 0.5) is 0 Å². The van der Waals surface area contributed by atoms with Gasteiger partial charge in [0.05, 0.1) is 26.9 Å². The van der Waals surface area contributed by atoms with Gasteiger partial charge in [-0.1, -0.05) is 0 Å². The van der Waals surface area contributed by atoms with Crippen LogP contribution in [0.25, 0.3) is 28.4 Å². The molecule has 0 aliphatic carbocycles. The van der Waals surface area contributed by atoms with E-state index in [1.807, 2.05) is 0 Å². The van der Waals surface area contributed by atoms with Gasteiger partial charge in [-0.2, -0.15) is 0 Å². The Morgan fingerprint density at radius 3 is 1.97 bits per heavy atom. The first-order valence-electron chi connectivity index (χ1n) is 20.8. The van der Waals surface area contributed by atoms with Crippen molar-refractivity contribution in [1.82, 2.24) is 0 Å². The van der Waals surface area contributed by atoms with Gasteiger partial charge in [0.1, 0.15) is 95.9 Å². The van der Waals surface area contributed by atoms with Crippen LogP contribution in [-0.2, 0) is 28.5 Å². The summed E-state index contributed by atoms with van der Waals surface area (Å²) in [6.07, 6.45) is -24.5. The summed E-state index contributed by atoms with van der Waals surface area (Å²) in [7, 11) is 2.61. The van der Waals surface area contributed by atoms with Crippen LogP contribution in [0.1, 0.15) is 12.5 Å². The fourth-order valence-corrected chi connectivity index (χ4v) is 7.60. The second-order valence-corrected chi connectivity index (χ2v) is 15.9. The molecule has 7 rings (SSSR count). The van der Waals surface area contributed by atoms with E-state index < -0.39 is 139 Å². The molecule has 68 heavy (non-hydrogen) atoms. The zero-order valence-corrected chi connectivity index (χ0v) is 36.1. The van der Waals surface area contributed by atoms with Gasteiger partial charge in [-0.3, -0.25) is 4.79 Å². The van der Waals surface area contributed by atoms with E-state index in [1.165, 1.54) is 63.6 Å². The smallest absolute Gasteiger partial charge is 0.330 e. The molecular weight excluding hydrogens is 912 g/mol. The van der Waals surface area contributed by atoms with Gasteiger partial charge < -0.3 is 108 Å². The monoisotopic (exact) mass is 962 g/mol. The highest BCUT2D eigenvalue weighted by Gasteiger charge is 2.52. The third kappa shape index (κ3) is 10.1. The molecule has 3 aromatic carbocycles. The van der Waals surface area contributed by atoms with Gasteiger partial charge in [0, 0.05) is 23.8 Å². The lowest BCUT2D eigenvalue weighted by atomic mass is 9.97. The zero-order chi connectivity index (χ0) is 49.3. The van der Waals surface area contributed by atoms with E-state index >= 15 is 0 Å². The molecule has 3 fully saturated rings. The van der Waals surface area contributed by atoms with Crippen molar-refractivity contribution < 1.29 is 113 Å². The summed E-state index contributed by atoms with van der Waals surface area (Å²) in [5.74, 6) is -3.54. The van der Waals surface area contributed by atoms with E-state index in [2.05, 4.69) is 0 Å². The van der Waals surface area contributed by atoms with E-state index in [4.69, 9.17) is 47.0 Å². The number of benzene rings is 3. The Balaban J connectivity index is 1.17. The molecule has 12 N–H and O–H groups in total. The van der Waals surface area contributed by atoms with Crippen molar-refractivity contribution in [3.63, 3.8) is 0 Å². The predicted octanol–water partition coefficient (Wildman–Crippen LogP) is -1.93. The van der Waals surface area contributed by atoms with Crippen molar-refractivity contribution in [2.45, 2.75) is 99.0 Å². The van der Waals surface area contributed by atoms with Gasteiger partial charge in [-0.15, -0.1) is 0 Å². The van der Waals surface area contributed by atoms with Gasteiger partial charge in [-0.05, 0) is 55.0 Å². The molecule has 4 aromatic rings. The Labute approximate surface area is 384 Å². The molecule has 0 amide bonds. The second-order valence-electron chi connectivity index (χ2n) is 15.9. The predicted molar refractivity (Wildman–Crippen MR) is 225 cm³/mol. The zero-order valence-electron chi connectivity index (χ0n) is 36.1. The Morgan fingerprint density at radius 2 is 1.32 bits per heavy atom. The van der Waals surface area contributed by atoms with Crippen LogP contribution in [0.5, 0.6) is 40.2 Å². The first-order chi connectivity index (χ1) is 32.3. The minimum Gasteiger partial charge on any atom is -0.508 e. The van der Waals surface area contributed by atoms with Crippen LogP contribution in [0.3, 0.4) is 0 Å². The molecule has 1 aromatic heterocycles. The van der Waals surface area contributed by atoms with Crippen molar-refractivity contribution in [1.29, 1.82) is 0 Å². The summed E-state index contributed by atoms with van der Waals surface area (Å²) >= 11 is 0. The van der Waals surface area contributed by atoms with E-state index in [9.17, 15) is 70.9 Å². The van der Waals surface area contributed by atoms with Crippen LogP contribution < -0.4 is 24.4 Å². The summed E-state index contributed by atoms with van der Waals surface area (Å²) in [5, 5.41) is 127. The number of carbonyl (C=O) groups is 1. The van der Waals surface area contributed by atoms with E-state index in [-0.39, 0.29) is 39.9 Å². The molecule has 0 spiro atoms. The molecular formula is C44H50O24. The molecule has 15 unspecified atom stereocenters. The van der Waals surface area contributed by atoms with Crippen molar-refractivity contribution in [3.05, 3.63) is 70.4 Å². The molecule has 0 radical (unpaired) electrons. The SMILES string of the molecule is COc1cc(C=CC(=O)OCC2OC(OC3C(Oc4c(-c5ccc(O)cc5)oc5cc(OC6OC(C)C(O)C(O)C6O)cc(O)c5c4=O)OC(CO)C(O)C3O)C(O)C(O)C2O)cc(OC)c1O. The molecule has 3 aliphatic heterocycles. The Hall–Kier alpha value is -5.84. The van der Waals surface area contributed by atoms with Gasteiger partial charge >= 0.3 is 5.97 Å². The minimum absolute atomic E-state index is 0.0444. The number of aliphatic hydroxyl groups excluding tert-OH is 9. The number of phenols is 3. The largest absolute Gasteiger partial charge is 0.508 e. The van der Waals surface area contributed by atoms with Gasteiger partial charge in [-0.25, -0.2) is 4.79 Å². The molecule has 3 aliphatic rings. The van der Waals surface area contributed by atoms with E-state index in [1.54, 1.807) is 0 Å². The van der Waals surface area contributed by atoms with Crippen LogP contribution in [-0.4, -0.2) is 187 Å². The number of phenolic OH excluding ortho intramolecular Hbond substituents is 3. The first kappa shape index (κ1) is 50.0. The highest BCUT2D eigenvalue weighted by atomic mass is 16.8. The molecule has 0 saturated carbocycles. The maximum absolute atomic E-state index is 14.4. The average molecular weight is 963 g/mol. The maximum atomic E-state index is 14.4. The summed E-state index contributed by atoms with van der Waals surface area (Å²) in [6, 6.07) is 9.94. The second kappa shape index (κ2) is 20.8. The number of hydrogen-bond acceptors (Lipinski definition) is 24. The number of ether oxygens (including phenoxy) is 9. The first-order valence-corrected chi connectivity index (χ1v) is 20.8. The topological polar surface area (TPSA) is 373 Å². The summed E-state index contributed by atoms with van der Waals surface area (Å²) < 4.78 is 56.1. The van der Waals surface area contributed by atoms with Crippen LogP contribution in [0.2, 0.25) is 0 Å². The molecule has 0 bridgehead atoms. The number of methoxy groups -OCH3 is 2. The number of rotatable bonds is 14. The standard InChI is InChI=1S/C44H50O24/c1-16-29(49)34(54)37(57)42(62-16)63-20-12-21(47)28-22(13-20)64-39(18-5-7-19(46)8-6-18)40(33(28)53)67-44-41(36(56)31(51)25(14-45)65-44)68-43-38(58)35(55)32(52)26(66-43)15-61-27(48)9-4-17-10-23(59-2)30(50)24(11-17)60-3/h4-13,16,25-26,29,31-32,34-38,41-47,49-52,54-58H,14-15H2,1-3H3. The lowest BCUT2D eigenvalue weighted by Crippen LogP contribution is -2.65. The minimum atomic E-state index is -2.10. The number of aromatic hydroxyl groups is 3. The Kier molecular flexibility index (Phi) is 15.3. The molecule has 15 atom stereocenters. The van der Waals surface area contributed by atoms with Crippen LogP contribution >= 0.6 is 0 Å². The lowest BCUT2D eigenvalue weighted by molar-refractivity contribution is -0.358. The van der Waals surface area contributed by atoms with E-state index in [0.717, 1.165) is 18.2 Å². The average Bonchev–Trinajstić information content (AvgIpc) is 3.32. The van der Waals surface area contributed by atoms with Crippen molar-refractivity contribution in [2.75, 3.05) is 27.4 Å². The van der Waals surface area contributed by atoms with Gasteiger partial charge in [0.15, 0.2) is 29.7 Å². The molecule has 370 valence electrons. The quantitative estimate of drug-likeness (QED) is 0.0483. The highest BCUT2D eigenvalue weighted by molar-refractivity contribution is 5.89. The third-order valence-electron chi connectivity index (χ3n) is 11.4. The summed E-state index contributed by atoms with van der Waals surface area (Å²) in [6.45, 7) is -0.263. The van der Waals surface area contributed by atoms with Crippen molar-refractivity contribution in [3.8, 4) is 51.6 Å². The fraction of sp³-hybridized carbons (Fsp3) is 0.455.